The number of nitrogens with one attached hydrogen (secondary N) is 1. The molecule has 1 heterocycles. The van der Waals surface area contributed by atoms with E-state index >= 15 is 0 Å². The Morgan fingerprint density at radius 2 is 1.80 bits per heavy atom. The van der Waals surface area contributed by atoms with Gasteiger partial charge in [0.1, 0.15) is 0 Å². The zero-order valence-corrected chi connectivity index (χ0v) is 15.2. The molecule has 1 aromatic heterocycles. The van der Waals surface area contributed by atoms with Crippen LogP contribution in [0.25, 0.3) is 5.69 Å². The van der Waals surface area contributed by atoms with Gasteiger partial charge in [0, 0.05) is 6.04 Å². The van der Waals surface area contributed by atoms with Crippen molar-refractivity contribution in [2.75, 3.05) is 0 Å². The van der Waals surface area contributed by atoms with Gasteiger partial charge in [-0.05, 0) is 60.7 Å². The third-order valence-corrected chi connectivity index (χ3v) is 5.94. The lowest BCUT2D eigenvalue weighted by Gasteiger charge is -2.41. The Morgan fingerprint density at radius 3 is 2.56 bits per heavy atom. The fourth-order valence-corrected chi connectivity index (χ4v) is 4.64. The summed E-state index contributed by atoms with van der Waals surface area (Å²) < 4.78 is 1.97. The number of nitrogens with zero attached hydrogens (tertiary/aromatic N) is 4. The molecular weight excluding hydrogens is 310 g/mol. The van der Waals surface area contributed by atoms with Crippen molar-refractivity contribution >= 4 is 0 Å². The molecule has 1 N–H and O–H groups in total. The van der Waals surface area contributed by atoms with Gasteiger partial charge in [0.25, 0.3) is 0 Å². The van der Waals surface area contributed by atoms with E-state index in [1.165, 1.54) is 56.9 Å². The van der Waals surface area contributed by atoms with Gasteiger partial charge in [-0.1, -0.05) is 50.7 Å². The number of hydrogen-bond donors (Lipinski definition) is 1. The van der Waals surface area contributed by atoms with E-state index in [1.54, 1.807) is 0 Å². The van der Waals surface area contributed by atoms with Crippen LogP contribution in [-0.2, 0) is 5.54 Å². The smallest absolute Gasteiger partial charge is 0.176 e. The van der Waals surface area contributed by atoms with Gasteiger partial charge in [0.05, 0.1) is 11.2 Å². The van der Waals surface area contributed by atoms with Crippen molar-refractivity contribution < 1.29 is 0 Å². The molecule has 0 radical (unpaired) electrons. The molecule has 0 saturated heterocycles. The lowest BCUT2D eigenvalue weighted by atomic mass is 9.79. The summed E-state index contributed by atoms with van der Waals surface area (Å²) in [5.41, 5.74) is 2.22. The molecule has 1 aromatic carbocycles. The molecule has 0 aliphatic heterocycles. The van der Waals surface area contributed by atoms with Crippen molar-refractivity contribution in [3.63, 3.8) is 0 Å². The Hall–Kier alpha value is -1.75. The molecule has 5 nitrogen and oxygen atoms in total. The quantitative estimate of drug-likeness (QED) is 0.913. The van der Waals surface area contributed by atoms with Crippen molar-refractivity contribution in [2.45, 2.75) is 82.7 Å². The highest BCUT2D eigenvalue weighted by atomic mass is 15.6. The van der Waals surface area contributed by atoms with E-state index in [2.05, 4.69) is 52.0 Å². The minimum atomic E-state index is -0.0759. The van der Waals surface area contributed by atoms with Crippen LogP contribution in [0.1, 0.15) is 75.6 Å². The average Bonchev–Trinajstić information content (AvgIpc) is 3.14. The third-order valence-electron chi connectivity index (χ3n) is 5.94. The predicted octanol–water partition coefficient (Wildman–Crippen LogP) is 4.05. The largest absolute Gasteiger partial charge is 0.302 e. The molecule has 2 fully saturated rings. The molecule has 0 atom stereocenters. The third kappa shape index (κ3) is 3.47. The van der Waals surface area contributed by atoms with E-state index in [-0.39, 0.29) is 5.54 Å². The summed E-state index contributed by atoms with van der Waals surface area (Å²) in [6.45, 7) is 2.12. The molecule has 134 valence electrons. The first kappa shape index (κ1) is 16.7. The summed E-state index contributed by atoms with van der Waals surface area (Å²) in [4.78, 5) is 0. The van der Waals surface area contributed by atoms with Gasteiger partial charge < -0.3 is 5.32 Å². The number of rotatable bonds is 4. The molecule has 0 spiro atoms. The lowest BCUT2D eigenvalue weighted by molar-refractivity contribution is 0.174. The van der Waals surface area contributed by atoms with Crippen LogP contribution in [0.2, 0.25) is 0 Å². The maximum absolute atomic E-state index is 4.52. The number of benzene rings is 1. The minimum Gasteiger partial charge on any atom is -0.302 e. The Morgan fingerprint density at radius 1 is 1.04 bits per heavy atom. The lowest BCUT2D eigenvalue weighted by Crippen LogP contribution is -2.51. The van der Waals surface area contributed by atoms with Gasteiger partial charge in [-0.15, -0.1) is 5.10 Å². The van der Waals surface area contributed by atoms with Gasteiger partial charge in [0.2, 0.25) is 0 Å². The van der Waals surface area contributed by atoms with E-state index in [0.717, 1.165) is 24.4 Å². The maximum atomic E-state index is 4.52. The Kier molecular flexibility index (Phi) is 4.84. The second-order valence-corrected chi connectivity index (χ2v) is 7.88. The van der Waals surface area contributed by atoms with E-state index < -0.39 is 0 Å². The molecule has 2 saturated carbocycles. The van der Waals surface area contributed by atoms with E-state index in [0.29, 0.717) is 6.04 Å². The van der Waals surface area contributed by atoms with Crippen LogP contribution < -0.4 is 5.32 Å². The van der Waals surface area contributed by atoms with E-state index in [9.17, 15) is 0 Å². The normalized spacial score (nSPS) is 21.3. The molecule has 0 bridgehead atoms. The van der Waals surface area contributed by atoms with Crippen molar-refractivity contribution in [3.05, 3.63) is 35.7 Å². The van der Waals surface area contributed by atoms with Crippen LogP contribution in [-0.4, -0.2) is 26.2 Å². The van der Waals surface area contributed by atoms with Crippen molar-refractivity contribution in [1.29, 1.82) is 0 Å². The van der Waals surface area contributed by atoms with Gasteiger partial charge >= 0.3 is 0 Å². The highest BCUT2D eigenvalue weighted by molar-refractivity contribution is 5.36. The topological polar surface area (TPSA) is 55.6 Å². The summed E-state index contributed by atoms with van der Waals surface area (Å²) in [6.07, 6.45) is 12.7. The van der Waals surface area contributed by atoms with Crippen molar-refractivity contribution in [3.8, 4) is 5.69 Å². The molecular formula is C20H29N5. The molecule has 4 rings (SSSR count). The van der Waals surface area contributed by atoms with Crippen LogP contribution >= 0.6 is 0 Å². The monoisotopic (exact) mass is 339 g/mol. The second-order valence-electron chi connectivity index (χ2n) is 7.88. The van der Waals surface area contributed by atoms with Gasteiger partial charge in [-0.3, -0.25) is 0 Å². The van der Waals surface area contributed by atoms with Gasteiger partial charge in [-0.25, -0.2) is 0 Å². The molecule has 25 heavy (non-hydrogen) atoms. The average molecular weight is 339 g/mol. The van der Waals surface area contributed by atoms with E-state index in [1.807, 2.05) is 4.68 Å². The number of aryl methyl sites for hydroxylation is 1. The van der Waals surface area contributed by atoms with Crippen molar-refractivity contribution in [2.24, 2.45) is 0 Å². The Labute approximate surface area is 150 Å². The molecule has 0 amide bonds. The SMILES string of the molecule is Cc1cccc(-n2nnnc2C2(NC3CCCCC3)CCCCC2)c1. The fourth-order valence-electron chi connectivity index (χ4n) is 4.64. The molecule has 2 aliphatic rings. The first-order chi connectivity index (χ1) is 12.3. The van der Waals surface area contributed by atoms with Crippen LogP contribution in [0.4, 0.5) is 0 Å². The summed E-state index contributed by atoms with van der Waals surface area (Å²) >= 11 is 0. The summed E-state index contributed by atoms with van der Waals surface area (Å²) in [6, 6.07) is 9.07. The highest BCUT2D eigenvalue weighted by Gasteiger charge is 2.40. The number of hydrogen-bond acceptors (Lipinski definition) is 4. The summed E-state index contributed by atoms with van der Waals surface area (Å²) in [5, 5.41) is 17.0. The summed E-state index contributed by atoms with van der Waals surface area (Å²) in [5.74, 6) is 1.00. The molecule has 5 heteroatoms. The fraction of sp³-hybridized carbons (Fsp3) is 0.650. The zero-order chi connectivity index (χ0) is 17.1. The summed E-state index contributed by atoms with van der Waals surface area (Å²) in [7, 11) is 0. The molecule has 0 unspecified atom stereocenters. The number of aromatic nitrogens is 4. The van der Waals surface area contributed by atoms with Gasteiger partial charge in [-0.2, -0.15) is 4.68 Å². The van der Waals surface area contributed by atoms with Crippen LogP contribution in [0.15, 0.2) is 24.3 Å². The second kappa shape index (κ2) is 7.24. The van der Waals surface area contributed by atoms with E-state index in [4.69, 9.17) is 0 Å². The minimum absolute atomic E-state index is 0.0759. The Balaban J connectivity index is 1.69. The Bertz CT molecular complexity index is 696. The van der Waals surface area contributed by atoms with Crippen molar-refractivity contribution in [1.82, 2.24) is 25.5 Å². The van der Waals surface area contributed by atoms with Crippen LogP contribution in [0, 0.1) is 6.92 Å². The van der Waals surface area contributed by atoms with Gasteiger partial charge in [0.15, 0.2) is 5.82 Å². The van der Waals surface area contributed by atoms with Crippen LogP contribution in [0.5, 0.6) is 0 Å². The first-order valence-electron chi connectivity index (χ1n) is 9.90. The number of tetrazole rings is 1. The standard InChI is InChI=1S/C20H29N5/c1-16-9-8-12-18(15-16)25-19(22-23-24-25)20(13-6-3-7-14-20)21-17-10-4-2-5-11-17/h8-9,12,15,17,21H,2-7,10-11,13-14H2,1H3. The van der Waals surface area contributed by atoms with Crippen LogP contribution in [0.3, 0.4) is 0 Å². The predicted molar refractivity (Wildman–Crippen MR) is 98.7 cm³/mol. The maximum Gasteiger partial charge on any atom is 0.176 e. The first-order valence-corrected chi connectivity index (χ1v) is 9.90. The molecule has 2 aliphatic carbocycles. The zero-order valence-electron chi connectivity index (χ0n) is 15.2. The molecule has 2 aromatic rings. The highest BCUT2D eigenvalue weighted by Crippen LogP contribution is 2.38.